The summed E-state index contributed by atoms with van der Waals surface area (Å²) < 4.78 is 1.83. The molecular formula is C20H29N7O. The lowest BCUT2D eigenvalue weighted by Gasteiger charge is -2.17. The van der Waals surface area contributed by atoms with Crippen LogP contribution >= 0.6 is 0 Å². The molecule has 3 heterocycles. The molecule has 1 aliphatic heterocycles. The molecule has 2 N–H and O–H groups in total. The minimum absolute atomic E-state index is 0.124. The average Bonchev–Trinajstić information content (AvgIpc) is 3.34. The van der Waals surface area contributed by atoms with Crippen molar-refractivity contribution in [3.05, 3.63) is 41.3 Å². The number of aliphatic imine (C=N–C) groups is 1. The maximum Gasteiger partial charge on any atom is 0.241 e. The Hall–Kier alpha value is -2.90. The van der Waals surface area contributed by atoms with Crippen LogP contribution in [0.3, 0.4) is 0 Å². The van der Waals surface area contributed by atoms with Gasteiger partial charge in [-0.15, -0.1) is 0 Å². The van der Waals surface area contributed by atoms with Gasteiger partial charge in [-0.25, -0.2) is 14.7 Å². The first-order valence-electron chi connectivity index (χ1n) is 9.85. The van der Waals surface area contributed by atoms with Gasteiger partial charge in [-0.1, -0.05) is 6.07 Å². The van der Waals surface area contributed by atoms with Gasteiger partial charge in [0.05, 0.1) is 18.8 Å². The van der Waals surface area contributed by atoms with Gasteiger partial charge in [0.25, 0.3) is 0 Å². The van der Waals surface area contributed by atoms with Crippen LogP contribution in [0.25, 0.3) is 5.82 Å². The highest BCUT2D eigenvalue weighted by molar-refractivity contribution is 5.86. The number of nitrogens with zero attached hydrogens (tertiary/aromatic N) is 5. The Bertz CT molecular complexity index is 820. The normalized spacial score (nSPS) is 14.4. The quantitative estimate of drug-likeness (QED) is 0.584. The van der Waals surface area contributed by atoms with E-state index in [2.05, 4.69) is 25.7 Å². The molecule has 0 radical (unpaired) electrons. The summed E-state index contributed by atoms with van der Waals surface area (Å²) in [6.45, 7) is 9.19. The summed E-state index contributed by atoms with van der Waals surface area (Å²) in [5.41, 5.74) is 3.02. The van der Waals surface area contributed by atoms with Crippen molar-refractivity contribution in [3.8, 4) is 5.82 Å². The zero-order valence-electron chi connectivity index (χ0n) is 16.9. The Morgan fingerprint density at radius 2 is 2.00 bits per heavy atom. The second-order valence-electron chi connectivity index (χ2n) is 7.00. The number of hydrogen-bond donors (Lipinski definition) is 2. The van der Waals surface area contributed by atoms with Crippen molar-refractivity contribution in [1.29, 1.82) is 0 Å². The number of rotatable bonds is 6. The molecule has 0 aromatic carbocycles. The fourth-order valence-electron chi connectivity index (χ4n) is 3.25. The molecule has 1 saturated heterocycles. The van der Waals surface area contributed by atoms with Crippen molar-refractivity contribution in [2.24, 2.45) is 4.99 Å². The second-order valence-corrected chi connectivity index (χ2v) is 7.00. The lowest BCUT2D eigenvalue weighted by atomic mass is 10.3. The Labute approximate surface area is 166 Å². The first-order valence-corrected chi connectivity index (χ1v) is 9.85. The molecule has 0 unspecified atom stereocenters. The van der Waals surface area contributed by atoms with Gasteiger partial charge in [0.15, 0.2) is 11.8 Å². The second kappa shape index (κ2) is 9.34. The van der Waals surface area contributed by atoms with Gasteiger partial charge in [0, 0.05) is 31.5 Å². The number of hydrogen-bond acceptors (Lipinski definition) is 4. The maximum absolute atomic E-state index is 12.2. The summed E-state index contributed by atoms with van der Waals surface area (Å²) in [5, 5.41) is 10.8. The van der Waals surface area contributed by atoms with Crippen molar-refractivity contribution < 1.29 is 4.79 Å². The summed E-state index contributed by atoms with van der Waals surface area (Å²) in [7, 11) is 0. The summed E-state index contributed by atoms with van der Waals surface area (Å²) in [6, 6.07) is 5.97. The van der Waals surface area contributed by atoms with E-state index < -0.39 is 0 Å². The Morgan fingerprint density at radius 1 is 1.21 bits per heavy atom. The van der Waals surface area contributed by atoms with Crippen LogP contribution in [0, 0.1) is 13.8 Å². The monoisotopic (exact) mass is 383 g/mol. The van der Waals surface area contributed by atoms with Crippen LogP contribution in [0.1, 0.15) is 36.7 Å². The molecule has 0 bridgehead atoms. The molecule has 0 spiro atoms. The van der Waals surface area contributed by atoms with Gasteiger partial charge in [0.2, 0.25) is 5.91 Å². The minimum Gasteiger partial charge on any atom is -0.357 e. The number of likely N-dealkylation sites (tertiary alicyclic amines) is 1. The van der Waals surface area contributed by atoms with Crippen LogP contribution in [0.2, 0.25) is 0 Å². The van der Waals surface area contributed by atoms with Gasteiger partial charge >= 0.3 is 0 Å². The molecule has 8 nitrogen and oxygen atoms in total. The molecule has 150 valence electrons. The first kappa shape index (κ1) is 19.9. The van der Waals surface area contributed by atoms with E-state index in [4.69, 9.17) is 0 Å². The smallest absolute Gasteiger partial charge is 0.241 e. The Morgan fingerprint density at radius 3 is 2.61 bits per heavy atom. The summed E-state index contributed by atoms with van der Waals surface area (Å²) >= 11 is 0. The fourth-order valence-corrected chi connectivity index (χ4v) is 3.25. The molecule has 1 amide bonds. The van der Waals surface area contributed by atoms with Crippen LogP contribution in [0.4, 0.5) is 0 Å². The summed E-state index contributed by atoms with van der Waals surface area (Å²) in [5.74, 6) is 1.55. The molecular weight excluding hydrogens is 354 g/mol. The number of aryl methyl sites for hydroxylation is 2. The van der Waals surface area contributed by atoms with E-state index in [0.29, 0.717) is 12.5 Å². The van der Waals surface area contributed by atoms with Gasteiger partial charge in [0.1, 0.15) is 0 Å². The molecule has 3 rings (SSSR count). The third-order valence-electron chi connectivity index (χ3n) is 4.67. The number of guanidine groups is 1. The standard InChI is InChI=1S/C20H29N7O/c1-4-21-20(24-14-19(28)26-9-5-6-10-26)23-13-17-7-8-18(22-12-17)27-16(3)11-15(2)25-27/h7-8,11-12H,4-6,9-10,13-14H2,1-3H3,(H2,21,23,24). The van der Waals surface area contributed by atoms with Gasteiger partial charge in [-0.2, -0.15) is 5.10 Å². The van der Waals surface area contributed by atoms with Gasteiger partial charge in [-0.3, -0.25) is 4.79 Å². The number of aromatic nitrogens is 3. The zero-order valence-corrected chi connectivity index (χ0v) is 16.9. The van der Waals surface area contributed by atoms with E-state index in [1.165, 1.54) is 0 Å². The van der Waals surface area contributed by atoms with E-state index in [0.717, 1.165) is 55.2 Å². The molecule has 0 saturated carbocycles. The van der Waals surface area contributed by atoms with Crippen molar-refractivity contribution in [1.82, 2.24) is 30.3 Å². The van der Waals surface area contributed by atoms with E-state index in [1.54, 1.807) is 0 Å². The Balaban J connectivity index is 1.59. The molecule has 2 aromatic heterocycles. The highest BCUT2D eigenvalue weighted by Gasteiger charge is 2.17. The third kappa shape index (κ3) is 5.09. The van der Waals surface area contributed by atoms with Crippen LogP contribution in [0.15, 0.2) is 29.4 Å². The predicted octanol–water partition coefficient (Wildman–Crippen LogP) is 1.56. The average molecular weight is 384 g/mol. The molecule has 0 aliphatic carbocycles. The minimum atomic E-state index is 0.124. The molecule has 2 aromatic rings. The van der Waals surface area contributed by atoms with E-state index >= 15 is 0 Å². The van der Waals surface area contributed by atoms with Gasteiger partial charge in [-0.05, 0) is 51.3 Å². The molecule has 28 heavy (non-hydrogen) atoms. The number of nitrogens with one attached hydrogen (secondary N) is 2. The highest BCUT2D eigenvalue weighted by atomic mass is 16.2. The van der Waals surface area contributed by atoms with E-state index in [9.17, 15) is 4.79 Å². The molecule has 1 aliphatic rings. The van der Waals surface area contributed by atoms with Gasteiger partial charge < -0.3 is 15.5 Å². The predicted molar refractivity (Wildman–Crippen MR) is 109 cm³/mol. The number of carbonyl (C=O) groups excluding carboxylic acids is 1. The zero-order chi connectivity index (χ0) is 19.9. The number of amides is 1. The van der Waals surface area contributed by atoms with Crippen molar-refractivity contribution in [2.75, 3.05) is 26.2 Å². The lowest BCUT2D eigenvalue weighted by Crippen LogP contribution is -2.44. The van der Waals surface area contributed by atoms with Crippen LogP contribution in [-0.2, 0) is 11.3 Å². The molecule has 1 fully saturated rings. The fraction of sp³-hybridized carbons (Fsp3) is 0.500. The maximum atomic E-state index is 12.2. The third-order valence-corrected chi connectivity index (χ3v) is 4.67. The van der Waals surface area contributed by atoms with Crippen molar-refractivity contribution in [3.63, 3.8) is 0 Å². The molecule has 8 heteroatoms. The van der Waals surface area contributed by atoms with Crippen molar-refractivity contribution >= 4 is 11.9 Å². The van der Waals surface area contributed by atoms with Crippen LogP contribution < -0.4 is 10.6 Å². The Kier molecular flexibility index (Phi) is 6.62. The number of pyridine rings is 1. The molecule has 0 atom stereocenters. The largest absolute Gasteiger partial charge is 0.357 e. The first-order chi connectivity index (χ1) is 13.6. The SMILES string of the molecule is CCNC(=NCc1ccc(-n2nc(C)cc2C)nc1)NCC(=O)N1CCCC1. The number of carbonyl (C=O) groups is 1. The van der Waals surface area contributed by atoms with E-state index in [-0.39, 0.29) is 12.5 Å². The summed E-state index contributed by atoms with van der Waals surface area (Å²) in [4.78, 5) is 23.2. The van der Waals surface area contributed by atoms with E-state index in [1.807, 2.05) is 54.7 Å². The lowest BCUT2D eigenvalue weighted by molar-refractivity contribution is -0.128. The highest BCUT2D eigenvalue weighted by Crippen LogP contribution is 2.11. The summed E-state index contributed by atoms with van der Waals surface area (Å²) in [6.07, 6.45) is 4.01. The van der Waals surface area contributed by atoms with Crippen LogP contribution in [-0.4, -0.2) is 57.7 Å². The topological polar surface area (TPSA) is 87.4 Å². The van der Waals surface area contributed by atoms with Crippen molar-refractivity contribution in [2.45, 2.75) is 40.2 Å². The van der Waals surface area contributed by atoms with Crippen LogP contribution in [0.5, 0.6) is 0 Å².